The normalized spacial score (nSPS) is 17.1. The monoisotopic (exact) mass is 515 g/mol. The minimum Gasteiger partial charge on any atom is -0.353 e. The summed E-state index contributed by atoms with van der Waals surface area (Å²) in [5.41, 5.74) is 2.34. The van der Waals surface area contributed by atoms with Crippen molar-refractivity contribution in [2.24, 2.45) is 4.99 Å². The summed E-state index contributed by atoms with van der Waals surface area (Å²) in [5, 5.41) is 10.4. The van der Waals surface area contributed by atoms with Crippen LogP contribution in [-0.4, -0.2) is 54.9 Å². The van der Waals surface area contributed by atoms with Gasteiger partial charge in [-0.25, -0.2) is 4.99 Å². The van der Waals surface area contributed by atoms with Gasteiger partial charge in [-0.1, -0.05) is 48.5 Å². The van der Waals surface area contributed by atoms with Crippen molar-refractivity contribution in [1.29, 1.82) is 0 Å². The molecule has 186 valence electrons. The van der Waals surface area contributed by atoms with Gasteiger partial charge in [-0.3, -0.25) is 9.59 Å². The SMILES string of the molecule is O=C1CN(C(=NC2CCCCC2)Nc2ccc(C(=O)NCCc3ccc(Cl)cc3Cl)cc2)CCN1. The topological polar surface area (TPSA) is 85.8 Å². The number of hydrogen-bond donors (Lipinski definition) is 3. The molecular weight excluding hydrogens is 485 g/mol. The van der Waals surface area contributed by atoms with Crippen molar-refractivity contribution >= 4 is 46.7 Å². The number of carbonyl (C=O) groups excluding carboxylic acids is 2. The summed E-state index contributed by atoms with van der Waals surface area (Å²) in [6.07, 6.45) is 6.41. The second kappa shape index (κ2) is 12.3. The first-order chi connectivity index (χ1) is 17.0. The fraction of sp³-hybridized carbons (Fsp3) is 0.423. The van der Waals surface area contributed by atoms with Crippen LogP contribution < -0.4 is 16.0 Å². The first kappa shape index (κ1) is 25.3. The maximum absolute atomic E-state index is 12.6. The van der Waals surface area contributed by atoms with Crippen LogP contribution in [0.4, 0.5) is 5.69 Å². The number of anilines is 1. The molecule has 1 saturated carbocycles. The number of halogens is 2. The zero-order chi connectivity index (χ0) is 24.6. The summed E-state index contributed by atoms with van der Waals surface area (Å²) in [6.45, 7) is 2.07. The number of rotatable bonds is 6. The summed E-state index contributed by atoms with van der Waals surface area (Å²) < 4.78 is 0. The molecule has 3 N–H and O–H groups in total. The van der Waals surface area contributed by atoms with Crippen molar-refractivity contribution in [2.75, 3.05) is 31.5 Å². The lowest BCUT2D eigenvalue weighted by Gasteiger charge is -2.31. The van der Waals surface area contributed by atoms with Crippen LogP contribution >= 0.6 is 23.2 Å². The molecule has 35 heavy (non-hydrogen) atoms. The maximum atomic E-state index is 12.6. The molecule has 0 spiro atoms. The van der Waals surface area contributed by atoms with Crippen LogP contribution in [0, 0.1) is 0 Å². The largest absolute Gasteiger partial charge is 0.353 e. The van der Waals surface area contributed by atoms with E-state index in [1.807, 2.05) is 23.1 Å². The summed E-state index contributed by atoms with van der Waals surface area (Å²) in [7, 11) is 0. The molecule has 0 bridgehead atoms. The zero-order valence-electron chi connectivity index (χ0n) is 19.7. The standard InChI is InChI=1S/C26H31Cl2N5O2/c27-20-9-6-18(23(28)16-20)12-13-30-25(35)19-7-10-22(11-8-19)32-26(31-21-4-2-1-3-5-21)33-15-14-29-24(34)17-33/h6-11,16,21H,1-5,12-15,17H2,(H,29,34)(H,30,35)(H,31,32). The Kier molecular flexibility index (Phi) is 8.88. The highest BCUT2D eigenvalue weighted by molar-refractivity contribution is 6.35. The van der Waals surface area contributed by atoms with Crippen LogP contribution in [-0.2, 0) is 11.2 Å². The third-order valence-electron chi connectivity index (χ3n) is 6.32. The van der Waals surface area contributed by atoms with Crippen LogP contribution in [0.3, 0.4) is 0 Å². The summed E-state index contributed by atoms with van der Waals surface area (Å²) in [5.74, 6) is 0.579. The molecule has 9 heteroatoms. The number of aliphatic imine (C=N–C) groups is 1. The van der Waals surface area contributed by atoms with Gasteiger partial charge in [0, 0.05) is 40.9 Å². The van der Waals surface area contributed by atoms with E-state index >= 15 is 0 Å². The average Bonchev–Trinajstić information content (AvgIpc) is 2.86. The molecule has 2 aliphatic rings. The molecule has 0 aromatic heterocycles. The van der Waals surface area contributed by atoms with Crippen LogP contribution in [0.15, 0.2) is 47.5 Å². The van der Waals surface area contributed by atoms with Gasteiger partial charge in [-0.15, -0.1) is 0 Å². The molecule has 0 atom stereocenters. The Balaban J connectivity index is 1.36. The zero-order valence-corrected chi connectivity index (χ0v) is 21.2. The van der Waals surface area contributed by atoms with E-state index in [4.69, 9.17) is 28.2 Å². The van der Waals surface area contributed by atoms with Crippen LogP contribution in [0.25, 0.3) is 0 Å². The Labute approximate surface area is 216 Å². The van der Waals surface area contributed by atoms with Gasteiger partial charge >= 0.3 is 0 Å². The maximum Gasteiger partial charge on any atom is 0.251 e. The highest BCUT2D eigenvalue weighted by Gasteiger charge is 2.22. The Morgan fingerprint density at radius 2 is 1.86 bits per heavy atom. The number of carbonyl (C=O) groups is 2. The van der Waals surface area contributed by atoms with E-state index in [0.717, 1.165) is 30.1 Å². The first-order valence-corrected chi connectivity index (χ1v) is 12.9. The van der Waals surface area contributed by atoms with Gasteiger partial charge in [0.2, 0.25) is 5.91 Å². The lowest BCUT2D eigenvalue weighted by molar-refractivity contribution is -0.122. The smallest absolute Gasteiger partial charge is 0.251 e. The van der Waals surface area contributed by atoms with Crippen LogP contribution in [0.5, 0.6) is 0 Å². The number of amides is 2. The summed E-state index contributed by atoms with van der Waals surface area (Å²) >= 11 is 12.1. The van der Waals surface area contributed by atoms with Crippen molar-refractivity contribution in [1.82, 2.24) is 15.5 Å². The Bertz CT molecular complexity index is 1070. The number of nitrogens with zero attached hydrogens (tertiary/aromatic N) is 2. The molecule has 4 rings (SSSR count). The molecule has 2 aromatic rings. The van der Waals surface area contributed by atoms with Gasteiger partial charge in [-0.05, 0) is 61.2 Å². The lowest BCUT2D eigenvalue weighted by atomic mass is 9.96. The van der Waals surface area contributed by atoms with Crippen molar-refractivity contribution in [3.8, 4) is 0 Å². The number of guanidine groups is 1. The van der Waals surface area contributed by atoms with Gasteiger partial charge < -0.3 is 20.9 Å². The van der Waals surface area contributed by atoms with E-state index in [0.29, 0.717) is 41.7 Å². The van der Waals surface area contributed by atoms with Crippen molar-refractivity contribution in [2.45, 2.75) is 44.6 Å². The highest BCUT2D eigenvalue weighted by atomic mass is 35.5. The molecule has 1 aliphatic heterocycles. The molecule has 2 amide bonds. The molecule has 1 heterocycles. The Morgan fingerprint density at radius 3 is 2.57 bits per heavy atom. The number of hydrogen-bond acceptors (Lipinski definition) is 3. The average molecular weight is 516 g/mol. The number of benzene rings is 2. The van der Waals surface area contributed by atoms with Crippen molar-refractivity contribution in [3.05, 3.63) is 63.6 Å². The minimum atomic E-state index is -0.148. The predicted molar refractivity (Wildman–Crippen MR) is 141 cm³/mol. The molecule has 0 radical (unpaired) electrons. The molecular formula is C26H31Cl2N5O2. The molecule has 7 nitrogen and oxygen atoms in total. The van der Waals surface area contributed by atoms with Gasteiger partial charge in [0.1, 0.15) is 0 Å². The number of piperazine rings is 1. The van der Waals surface area contributed by atoms with Crippen molar-refractivity contribution < 1.29 is 9.59 Å². The first-order valence-electron chi connectivity index (χ1n) is 12.2. The highest BCUT2D eigenvalue weighted by Crippen LogP contribution is 2.22. The van der Waals surface area contributed by atoms with E-state index in [-0.39, 0.29) is 24.4 Å². The fourth-order valence-corrected chi connectivity index (χ4v) is 4.87. The van der Waals surface area contributed by atoms with Gasteiger partial charge in [0.25, 0.3) is 5.91 Å². The molecule has 2 aromatic carbocycles. The molecule has 2 fully saturated rings. The van der Waals surface area contributed by atoms with E-state index in [1.54, 1.807) is 24.3 Å². The number of nitrogens with one attached hydrogen (secondary N) is 3. The van der Waals surface area contributed by atoms with Crippen LogP contribution in [0.1, 0.15) is 48.0 Å². The third-order valence-corrected chi connectivity index (χ3v) is 6.90. The van der Waals surface area contributed by atoms with Gasteiger partial charge in [0.15, 0.2) is 5.96 Å². The van der Waals surface area contributed by atoms with E-state index in [9.17, 15) is 9.59 Å². The Morgan fingerprint density at radius 1 is 1.09 bits per heavy atom. The third kappa shape index (κ3) is 7.36. The van der Waals surface area contributed by atoms with E-state index in [2.05, 4.69) is 16.0 Å². The predicted octanol–water partition coefficient (Wildman–Crippen LogP) is 4.50. The van der Waals surface area contributed by atoms with E-state index < -0.39 is 0 Å². The molecule has 1 saturated heterocycles. The summed E-state index contributed by atoms with van der Waals surface area (Å²) in [4.78, 5) is 31.5. The van der Waals surface area contributed by atoms with Crippen LogP contribution in [0.2, 0.25) is 10.0 Å². The fourth-order valence-electron chi connectivity index (χ4n) is 4.37. The second-order valence-electron chi connectivity index (χ2n) is 8.96. The second-order valence-corrected chi connectivity index (χ2v) is 9.80. The van der Waals surface area contributed by atoms with Gasteiger partial charge in [-0.2, -0.15) is 0 Å². The lowest BCUT2D eigenvalue weighted by Crippen LogP contribution is -2.52. The molecule has 0 unspecified atom stereocenters. The van der Waals surface area contributed by atoms with E-state index in [1.165, 1.54) is 19.3 Å². The van der Waals surface area contributed by atoms with Crippen molar-refractivity contribution in [3.63, 3.8) is 0 Å². The summed E-state index contributed by atoms with van der Waals surface area (Å²) in [6, 6.07) is 12.9. The molecule has 1 aliphatic carbocycles. The minimum absolute atomic E-state index is 0.00120. The van der Waals surface area contributed by atoms with Gasteiger partial charge in [0.05, 0.1) is 12.6 Å². The Hall–Kier alpha value is -2.77. The quantitative estimate of drug-likeness (QED) is 0.390.